The van der Waals surface area contributed by atoms with Gasteiger partial charge in [-0.25, -0.2) is 4.39 Å². The molecule has 0 aliphatic rings. The third-order valence-electron chi connectivity index (χ3n) is 3.71. The minimum Gasteiger partial charge on any atom is -0.324 e. The van der Waals surface area contributed by atoms with Crippen LogP contribution in [0.5, 0.6) is 0 Å². The van der Waals surface area contributed by atoms with Gasteiger partial charge in [-0.15, -0.1) is 0 Å². The summed E-state index contributed by atoms with van der Waals surface area (Å²) in [7, 11) is 1.93. The average molecular weight is 261 g/mol. The van der Waals surface area contributed by atoms with Crippen LogP contribution < -0.4 is 5.73 Å². The number of hydrogen-bond acceptors (Lipinski definition) is 2. The van der Waals surface area contributed by atoms with Crippen LogP contribution in [0.4, 0.5) is 4.39 Å². The lowest BCUT2D eigenvalue weighted by molar-refractivity contribution is 0.622. The van der Waals surface area contributed by atoms with Crippen molar-refractivity contribution in [3.63, 3.8) is 0 Å². The first-order valence-corrected chi connectivity index (χ1v) is 6.41. The molecule has 1 unspecified atom stereocenters. The van der Waals surface area contributed by atoms with Crippen molar-refractivity contribution in [1.82, 2.24) is 9.78 Å². The van der Waals surface area contributed by atoms with Gasteiger partial charge in [0.15, 0.2) is 0 Å². The number of rotatable bonds is 3. The van der Waals surface area contributed by atoms with Gasteiger partial charge in [-0.2, -0.15) is 5.10 Å². The van der Waals surface area contributed by atoms with Gasteiger partial charge >= 0.3 is 0 Å². The molecule has 1 heterocycles. The highest BCUT2D eigenvalue weighted by molar-refractivity contribution is 5.33. The van der Waals surface area contributed by atoms with Crippen LogP contribution in [0.2, 0.25) is 0 Å². The first-order chi connectivity index (χ1) is 8.90. The van der Waals surface area contributed by atoms with E-state index in [4.69, 9.17) is 5.73 Å². The molecule has 0 aliphatic carbocycles. The van der Waals surface area contributed by atoms with Crippen molar-refractivity contribution in [3.05, 3.63) is 52.1 Å². The zero-order valence-electron chi connectivity index (χ0n) is 11.9. The van der Waals surface area contributed by atoms with Gasteiger partial charge in [-0.05, 0) is 56.0 Å². The summed E-state index contributed by atoms with van der Waals surface area (Å²) in [5, 5.41) is 4.39. The van der Waals surface area contributed by atoms with Crippen molar-refractivity contribution in [2.75, 3.05) is 0 Å². The van der Waals surface area contributed by atoms with Gasteiger partial charge in [0.25, 0.3) is 0 Å². The molecule has 3 nitrogen and oxygen atoms in total. The third-order valence-corrected chi connectivity index (χ3v) is 3.71. The van der Waals surface area contributed by atoms with Crippen LogP contribution in [0, 0.1) is 26.6 Å². The summed E-state index contributed by atoms with van der Waals surface area (Å²) in [6, 6.07) is 4.63. The second-order valence-electron chi connectivity index (χ2n) is 5.08. The summed E-state index contributed by atoms with van der Waals surface area (Å²) >= 11 is 0. The van der Waals surface area contributed by atoms with Crippen LogP contribution >= 0.6 is 0 Å². The van der Waals surface area contributed by atoms with E-state index in [1.807, 2.05) is 32.5 Å². The molecule has 2 aromatic rings. The van der Waals surface area contributed by atoms with Gasteiger partial charge in [0.2, 0.25) is 0 Å². The Morgan fingerprint density at radius 1 is 1.32 bits per heavy atom. The topological polar surface area (TPSA) is 43.8 Å². The molecule has 0 spiro atoms. The Morgan fingerprint density at radius 3 is 2.53 bits per heavy atom. The van der Waals surface area contributed by atoms with Crippen molar-refractivity contribution >= 4 is 0 Å². The Kier molecular flexibility index (Phi) is 3.71. The van der Waals surface area contributed by atoms with Crippen LogP contribution in [-0.4, -0.2) is 9.78 Å². The maximum absolute atomic E-state index is 13.1. The lowest BCUT2D eigenvalue weighted by Gasteiger charge is -2.15. The van der Waals surface area contributed by atoms with Crippen LogP contribution in [-0.2, 0) is 13.5 Å². The molecule has 19 heavy (non-hydrogen) atoms. The molecule has 0 fully saturated rings. The second kappa shape index (κ2) is 5.13. The minimum atomic E-state index is -0.220. The molecular weight excluding hydrogens is 241 g/mol. The zero-order chi connectivity index (χ0) is 14.2. The lowest BCUT2D eigenvalue weighted by atomic mass is 9.95. The number of nitrogens with zero attached hydrogens (tertiary/aromatic N) is 2. The molecule has 0 bridgehead atoms. The molecule has 0 radical (unpaired) electrons. The number of aryl methyl sites for hydroxylation is 3. The largest absolute Gasteiger partial charge is 0.324 e. The monoisotopic (exact) mass is 261 g/mol. The standard InChI is InChI=1S/C15H20FN3/c1-9-7-12(16)5-6-13(9)15(17)8-14-10(2)18-19(4)11(14)3/h5-7,15H,8,17H2,1-4H3. The van der Waals surface area contributed by atoms with E-state index in [2.05, 4.69) is 5.10 Å². The van der Waals surface area contributed by atoms with Crippen molar-refractivity contribution in [2.45, 2.75) is 33.2 Å². The van der Waals surface area contributed by atoms with E-state index in [1.165, 1.54) is 17.7 Å². The molecule has 2 N–H and O–H groups in total. The fourth-order valence-corrected chi connectivity index (χ4v) is 2.50. The second-order valence-corrected chi connectivity index (χ2v) is 5.08. The summed E-state index contributed by atoms with van der Waals surface area (Å²) in [6.45, 7) is 5.92. The highest BCUT2D eigenvalue weighted by Gasteiger charge is 2.16. The van der Waals surface area contributed by atoms with E-state index in [-0.39, 0.29) is 11.9 Å². The quantitative estimate of drug-likeness (QED) is 0.923. The normalized spacial score (nSPS) is 12.7. The van der Waals surface area contributed by atoms with Gasteiger partial charge in [-0.3, -0.25) is 4.68 Å². The Labute approximate surface area is 113 Å². The van der Waals surface area contributed by atoms with Gasteiger partial charge in [0.05, 0.1) is 5.69 Å². The number of hydrogen-bond donors (Lipinski definition) is 1. The van der Waals surface area contributed by atoms with Gasteiger partial charge in [-0.1, -0.05) is 6.07 Å². The third kappa shape index (κ3) is 2.68. The van der Waals surface area contributed by atoms with Crippen LogP contribution in [0.1, 0.15) is 34.1 Å². The SMILES string of the molecule is Cc1cc(F)ccc1C(N)Cc1c(C)nn(C)c1C. The van der Waals surface area contributed by atoms with E-state index in [9.17, 15) is 4.39 Å². The van der Waals surface area contributed by atoms with Crippen molar-refractivity contribution in [1.29, 1.82) is 0 Å². The summed E-state index contributed by atoms with van der Waals surface area (Å²) < 4.78 is 15.0. The van der Waals surface area contributed by atoms with Crippen LogP contribution in [0.15, 0.2) is 18.2 Å². The Balaban J connectivity index is 2.28. The Morgan fingerprint density at radius 2 is 2.00 bits per heavy atom. The highest BCUT2D eigenvalue weighted by Crippen LogP contribution is 2.23. The molecule has 102 valence electrons. The fourth-order valence-electron chi connectivity index (χ4n) is 2.50. The molecule has 0 amide bonds. The number of nitrogens with two attached hydrogens (primary N) is 1. The predicted molar refractivity (Wildman–Crippen MR) is 74.5 cm³/mol. The van der Waals surface area contributed by atoms with Crippen molar-refractivity contribution < 1.29 is 4.39 Å². The van der Waals surface area contributed by atoms with Gasteiger partial charge < -0.3 is 5.73 Å². The molecule has 1 atom stereocenters. The van der Waals surface area contributed by atoms with Crippen LogP contribution in [0.3, 0.4) is 0 Å². The molecule has 0 aliphatic heterocycles. The van der Waals surface area contributed by atoms with E-state index < -0.39 is 0 Å². The molecule has 0 saturated carbocycles. The lowest BCUT2D eigenvalue weighted by Crippen LogP contribution is -2.15. The maximum Gasteiger partial charge on any atom is 0.123 e. The smallest absolute Gasteiger partial charge is 0.123 e. The highest BCUT2D eigenvalue weighted by atomic mass is 19.1. The minimum absolute atomic E-state index is 0.137. The molecule has 2 rings (SSSR count). The molecule has 0 saturated heterocycles. The van der Waals surface area contributed by atoms with E-state index in [0.717, 1.165) is 28.9 Å². The fraction of sp³-hybridized carbons (Fsp3) is 0.400. The zero-order valence-corrected chi connectivity index (χ0v) is 11.9. The molecule has 4 heteroatoms. The molecule has 1 aromatic carbocycles. The molecular formula is C15H20FN3. The molecule has 1 aromatic heterocycles. The maximum atomic E-state index is 13.1. The first kappa shape index (κ1) is 13.7. The number of benzene rings is 1. The number of aromatic nitrogens is 2. The first-order valence-electron chi connectivity index (χ1n) is 6.41. The van der Waals surface area contributed by atoms with E-state index in [0.29, 0.717) is 0 Å². The van der Waals surface area contributed by atoms with Crippen LogP contribution in [0.25, 0.3) is 0 Å². The number of halogens is 1. The summed E-state index contributed by atoms with van der Waals surface area (Å²) in [5.41, 5.74) is 11.5. The predicted octanol–water partition coefficient (Wildman–Crippen LogP) is 2.73. The summed E-state index contributed by atoms with van der Waals surface area (Å²) in [6.07, 6.45) is 0.720. The van der Waals surface area contributed by atoms with Crippen molar-refractivity contribution in [2.24, 2.45) is 12.8 Å². The van der Waals surface area contributed by atoms with E-state index in [1.54, 1.807) is 6.07 Å². The summed E-state index contributed by atoms with van der Waals surface area (Å²) in [5.74, 6) is -0.220. The van der Waals surface area contributed by atoms with Gasteiger partial charge in [0, 0.05) is 18.8 Å². The van der Waals surface area contributed by atoms with Gasteiger partial charge in [0.1, 0.15) is 5.82 Å². The Hall–Kier alpha value is -1.68. The average Bonchev–Trinajstić information content (AvgIpc) is 2.56. The Bertz CT molecular complexity index is 602. The van der Waals surface area contributed by atoms with Crippen molar-refractivity contribution in [3.8, 4) is 0 Å². The summed E-state index contributed by atoms with van der Waals surface area (Å²) in [4.78, 5) is 0. The van der Waals surface area contributed by atoms with E-state index >= 15 is 0 Å².